The summed E-state index contributed by atoms with van der Waals surface area (Å²) in [6.07, 6.45) is 0. The van der Waals surface area contributed by atoms with Crippen LogP contribution in [0.25, 0.3) is 0 Å². The van der Waals surface area contributed by atoms with Gasteiger partial charge in [0.15, 0.2) is 23.3 Å². The Labute approximate surface area is 109 Å². The van der Waals surface area contributed by atoms with Crippen LogP contribution >= 0.6 is 7.45 Å². The van der Waals surface area contributed by atoms with Crippen molar-refractivity contribution in [2.75, 3.05) is 0 Å². The molecule has 0 amide bonds. The SMILES string of the molecule is O=P(F)(c1ccccc1)c1c(F)c(F)c(F)c(F)c1F. The van der Waals surface area contributed by atoms with Crippen LogP contribution in [-0.2, 0) is 4.57 Å². The molecule has 8 heteroatoms. The number of hydrogen-bond donors (Lipinski definition) is 0. The summed E-state index contributed by atoms with van der Waals surface area (Å²) >= 11 is 0. The lowest BCUT2D eigenvalue weighted by atomic mass is 10.3. The molecule has 0 aliphatic carbocycles. The fourth-order valence-corrected chi connectivity index (χ4v) is 3.11. The van der Waals surface area contributed by atoms with Gasteiger partial charge in [0.1, 0.15) is 5.30 Å². The lowest BCUT2D eigenvalue weighted by molar-refractivity contribution is 0.383. The summed E-state index contributed by atoms with van der Waals surface area (Å²) in [5, 5.41) is -2.61. The minimum absolute atomic E-state index is 0.664. The van der Waals surface area contributed by atoms with Crippen LogP contribution in [0.15, 0.2) is 30.3 Å². The van der Waals surface area contributed by atoms with Crippen molar-refractivity contribution in [3.63, 3.8) is 0 Å². The van der Waals surface area contributed by atoms with Gasteiger partial charge in [0, 0.05) is 5.30 Å². The summed E-state index contributed by atoms with van der Waals surface area (Å²) in [7, 11) is -5.44. The number of halogens is 6. The maximum atomic E-state index is 14.2. The van der Waals surface area contributed by atoms with Crippen LogP contribution in [0.2, 0.25) is 0 Å². The zero-order chi connectivity index (χ0) is 15.1. The van der Waals surface area contributed by atoms with Crippen molar-refractivity contribution in [3.05, 3.63) is 59.4 Å². The third-order valence-corrected chi connectivity index (χ3v) is 4.49. The molecule has 106 valence electrons. The van der Waals surface area contributed by atoms with Gasteiger partial charge in [-0.3, -0.25) is 4.57 Å². The molecular weight excluding hydrogens is 305 g/mol. The minimum Gasteiger partial charge on any atom is -0.277 e. The highest BCUT2D eigenvalue weighted by Crippen LogP contribution is 2.47. The third-order valence-electron chi connectivity index (χ3n) is 2.56. The van der Waals surface area contributed by atoms with Gasteiger partial charge in [-0.25, -0.2) is 22.0 Å². The summed E-state index contributed by atoms with van der Waals surface area (Å²) in [4.78, 5) is 0. The molecule has 0 radical (unpaired) electrons. The van der Waals surface area contributed by atoms with Crippen LogP contribution in [0.1, 0.15) is 0 Å². The summed E-state index contributed by atoms with van der Waals surface area (Å²) in [5.41, 5.74) is 0. The second-order valence-corrected chi connectivity index (χ2v) is 5.81. The van der Waals surface area contributed by atoms with Crippen LogP contribution in [0.3, 0.4) is 0 Å². The minimum atomic E-state index is -5.44. The average molecular weight is 310 g/mol. The first-order valence-electron chi connectivity index (χ1n) is 5.15. The van der Waals surface area contributed by atoms with E-state index in [-0.39, 0.29) is 0 Å². The fraction of sp³-hybridized carbons (Fsp3) is 0. The van der Waals surface area contributed by atoms with Crippen molar-refractivity contribution in [2.45, 2.75) is 0 Å². The van der Waals surface area contributed by atoms with Crippen LogP contribution in [0.5, 0.6) is 0 Å². The molecule has 0 aromatic heterocycles. The predicted octanol–water partition coefficient (Wildman–Crippen LogP) is 3.58. The second-order valence-electron chi connectivity index (χ2n) is 3.79. The first-order valence-corrected chi connectivity index (χ1v) is 6.75. The van der Waals surface area contributed by atoms with E-state index in [1.165, 1.54) is 18.2 Å². The van der Waals surface area contributed by atoms with Gasteiger partial charge in [-0.15, -0.1) is 0 Å². The molecule has 1 nitrogen and oxygen atoms in total. The van der Waals surface area contributed by atoms with E-state index in [1.54, 1.807) is 0 Å². The smallest absolute Gasteiger partial charge is 0.277 e. The molecule has 1 atom stereocenters. The number of hydrogen-bond acceptors (Lipinski definition) is 1. The molecule has 0 spiro atoms. The van der Waals surface area contributed by atoms with E-state index >= 15 is 0 Å². The largest absolute Gasteiger partial charge is 0.306 e. The maximum Gasteiger partial charge on any atom is 0.306 e. The van der Waals surface area contributed by atoms with E-state index in [1.807, 2.05) is 0 Å². The van der Waals surface area contributed by atoms with Crippen LogP contribution in [-0.4, -0.2) is 0 Å². The highest BCUT2D eigenvalue weighted by molar-refractivity contribution is 7.74. The molecule has 20 heavy (non-hydrogen) atoms. The highest BCUT2D eigenvalue weighted by Gasteiger charge is 2.39. The van der Waals surface area contributed by atoms with Gasteiger partial charge in [0.2, 0.25) is 5.82 Å². The lowest BCUT2D eigenvalue weighted by Crippen LogP contribution is -2.24. The Morgan fingerprint density at radius 1 is 0.700 bits per heavy atom. The molecule has 2 rings (SSSR count). The van der Waals surface area contributed by atoms with E-state index in [4.69, 9.17) is 0 Å². The van der Waals surface area contributed by atoms with Gasteiger partial charge in [-0.2, -0.15) is 4.20 Å². The highest BCUT2D eigenvalue weighted by atomic mass is 31.2. The molecule has 0 N–H and O–H groups in total. The Bertz CT molecular complexity index is 687. The van der Waals surface area contributed by atoms with E-state index in [0.29, 0.717) is 0 Å². The van der Waals surface area contributed by atoms with Crippen molar-refractivity contribution in [2.24, 2.45) is 0 Å². The van der Waals surface area contributed by atoms with Crippen molar-refractivity contribution in [3.8, 4) is 0 Å². The zero-order valence-corrected chi connectivity index (χ0v) is 10.4. The molecule has 0 fully saturated rings. The first-order chi connectivity index (χ1) is 9.28. The molecule has 0 aliphatic rings. The Morgan fingerprint density at radius 2 is 1.10 bits per heavy atom. The van der Waals surface area contributed by atoms with Gasteiger partial charge in [0.25, 0.3) is 0 Å². The number of rotatable bonds is 2. The summed E-state index contributed by atoms with van der Waals surface area (Å²) in [5.74, 6) is -12.0. The first kappa shape index (κ1) is 14.7. The van der Waals surface area contributed by atoms with Crippen molar-refractivity contribution >= 4 is 18.1 Å². The van der Waals surface area contributed by atoms with E-state index in [9.17, 15) is 30.7 Å². The Morgan fingerprint density at radius 3 is 1.55 bits per heavy atom. The Hall–Kier alpha value is -1.75. The molecule has 0 saturated carbocycles. The molecule has 0 bridgehead atoms. The Kier molecular flexibility index (Phi) is 3.65. The second kappa shape index (κ2) is 4.98. The van der Waals surface area contributed by atoms with Gasteiger partial charge in [0.05, 0.1) is 0 Å². The summed E-state index contributed by atoms with van der Waals surface area (Å²) < 4.78 is 91.8. The molecule has 0 heterocycles. The third kappa shape index (κ3) is 2.12. The van der Waals surface area contributed by atoms with Gasteiger partial charge in [-0.1, -0.05) is 18.2 Å². The van der Waals surface area contributed by atoms with E-state index in [2.05, 4.69) is 0 Å². The molecule has 0 aliphatic heterocycles. The molecule has 1 unspecified atom stereocenters. The predicted molar refractivity (Wildman–Crippen MR) is 60.7 cm³/mol. The van der Waals surface area contributed by atoms with Crippen LogP contribution < -0.4 is 10.6 Å². The zero-order valence-electron chi connectivity index (χ0n) is 9.51. The van der Waals surface area contributed by atoms with Crippen molar-refractivity contribution in [1.82, 2.24) is 0 Å². The summed E-state index contributed by atoms with van der Waals surface area (Å²) in [6.45, 7) is 0. The topological polar surface area (TPSA) is 17.1 Å². The standard InChI is InChI=1S/C12H5F6OP/c13-7-8(14)10(16)12(11(17)9(7)15)20(18,19)6-4-2-1-3-5-6/h1-5H. The quantitative estimate of drug-likeness (QED) is 0.359. The van der Waals surface area contributed by atoms with Gasteiger partial charge in [-0.05, 0) is 12.1 Å². The van der Waals surface area contributed by atoms with E-state index < -0.39 is 47.1 Å². The van der Waals surface area contributed by atoms with Gasteiger partial charge >= 0.3 is 7.45 Å². The van der Waals surface area contributed by atoms with Crippen LogP contribution in [0, 0.1) is 29.1 Å². The van der Waals surface area contributed by atoms with Crippen molar-refractivity contribution < 1.29 is 30.7 Å². The Balaban J connectivity index is 2.80. The summed E-state index contributed by atoms with van der Waals surface area (Å²) in [6, 6.07) is 5.70. The normalized spacial score (nSPS) is 14.1. The fourth-order valence-electron chi connectivity index (χ4n) is 1.59. The van der Waals surface area contributed by atoms with Gasteiger partial charge < -0.3 is 0 Å². The maximum absolute atomic E-state index is 14.2. The molecule has 0 saturated heterocycles. The molecule has 2 aromatic carbocycles. The van der Waals surface area contributed by atoms with E-state index in [0.717, 1.165) is 12.1 Å². The average Bonchev–Trinajstić information content (AvgIpc) is 2.44. The lowest BCUT2D eigenvalue weighted by Gasteiger charge is -2.13. The number of benzene rings is 2. The molecule has 2 aromatic rings. The van der Waals surface area contributed by atoms with Crippen LogP contribution in [0.4, 0.5) is 26.1 Å². The molecular formula is C12H5F6OP. The monoisotopic (exact) mass is 310 g/mol. The van der Waals surface area contributed by atoms with Crippen molar-refractivity contribution in [1.29, 1.82) is 0 Å².